The topological polar surface area (TPSA) is 80.4 Å². The Balaban J connectivity index is 1.75. The number of para-hydroxylation sites is 1. The molecule has 1 aliphatic heterocycles. The number of hydrogen-bond acceptors (Lipinski definition) is 5. The van der Waals surface area contributed by atoms with Crippen molar-refractivity contribution in [2.75, 3.05) is 4.72 Å². The number of aromatic nitrogens is 1. The molecule has 1 aromatic heterocycles. The van der Waals surface area contributed by atoms with Gasteiger partial charge >= 0.3 is 6.29 Å². The van der Waals surface area contributed by atoms with Gasteiger partial charge in [0.25, 0.3) is 10.0 Å². The average Bonchev–Trinajstić information content (AvgIpc) is 3.06. The van der Waals surface area contributed by atoms with Crippen LogP contribution < -0.4 is 14.2 Å². The van der Waals surface area contributed by atoms with Crippen LogP contribution in [0.4, 0.5) is 14.5 Å². The van der Waals surface area contributed by atoms with E-state index in [2.05, 4.69) is 31.8 Å². The second-order valence-corrected chi connectivity index (χ2v) is 7.46. The normalized spacial score (nSPS) is 15.5. The second-order valence-electron chi connectivity index (χ2n) is 5.29. The molecule has 0 radical (unpaired) electrons. The van der Waals surface area contributed by atoms with Crippen LogP contribution in [-0.4, -0.2) is 19.7 Å². The Labute approximate surface area is 146 Å². The summed E-state index contributed by atoms with van der Waals surface area (Å²) in [4.78, 5) is 3.48. The zero-order valence-electron chi connectivity index (χ0n) is 12.3. The van der Waals surface area contributed by atoms with Gasteiger partial charge in [0.1, 0.15) is 4.90 Å². The molecule has 25 heavy (non-hydrogen) atoms. The Morgan fingerprint density at radius 2 is 1.96 bits per heavy atom. The number of halogens is 2. The van der Waals surface area contributed by atoms with Gasteiger partial charge < -0.3 is 14.5 Å². The summed E-state index contributed by atoms with van der Waals surface area (Å²) in [5.41, 5.74) is 0.437. The molecule has 130 valence electrons. The molecule has 3 aromatic rings. The third-order valence-corrected chi connectivity index (χ3v) is 5.27. The molecule has 1 aliphatic rings. The van der Waals surface area contributed by atoms with Gasteiger partial charge in [-0.05, 0) is 24.3 Å². The SMILES string of the molecule is O=S(=O)(Nc1cccc2c1OC(F)(F)O2)c1c[nH]c2cc(S)ccc12. The average molecular weight is 384 g/mol. The first-order valence-electron chi connectivity index (χ1n) is 6.97. The molecule has 2 heterocycles. The summed E-state index contributed by atoms with van der Waals surface area (Å²) in [7, 11) is -4.05. The molecule has 6 nitrogen and oxygen atoms in total. The van der Waals surface area contributed by atoms with E-state index in [1.807, 2.05) is 0 Å². The van der Waals surface area contributed by atoms with E-state index < -0.39 is 16.3 Å². The third kappa shape index (κ3) is 2.76. The summed E-state index contributed by atoms with van der Waals surface area (Å²) in [6.45, 7) is 0. The van der Waals surface area contributed by atoms with Crippen LogP contribution in [0.2, 0.25) is 0 Å². The number of aromatic amines is 1. The van der Waals surface area contributed by atoms with Crippen LogP contribution in [0, 0.1) is 0 Å². The highest BCUT2D eigenvalue weighted by Gasteiger charge is 2.45. The lowest BCUT2D eigenvalue weighted by atomic mass is 10.2. The van der Waals surface area contributed by atoms with Crippen molar-refractivity contribution in [2.24, 2.45) is 0 Å². The molecule has 0 atom stereocenters. The van der Waals surface area contributed by atoms with Crippen molar-refractivity contribution in [3.05, 3.63) is 42.6 Å². The Hall–Kier alpha value is -2.46. The number of nitrogens with one attached hydrogen (secondary N) is 2. The number of fused-ring (bicyclic) bond motifs is 2. The van der Waals surface area contributed by atoms with Gasteiger partial charge in [0.05, 0.1) is 5.69 Å². The summed E-state index contributed by atoms with van der Waals surface area (Å²) in [5, 5.41) is 0.445. The molecule has 0 aliphatic carbocycles. The van der Waals surface area contributed by atoms with E-state index in [1.165, 1.54) is 24.4 Å². The van der Waals surface area contributed by atoms with Crippen LogP contribution in [0.15, 0.2) is 52.4 Å². The van der Waals surface area contributed by atoms with E-state index in [1.54, 1.807) is 18.2 Å². The van der Waals surface area contributed by atoms with Gasteiger partial charge in [0, 0.05) is 22.0 Å². The van der Waals surface area contributed by atoms with Crippen LogP contribution in [0.1, 0.15) is 0 Å². The molecule has 0 amide bonds. The van der Waals surface area contributed by atoms with E-state index in [9.17, 15) is 17.2 Å². The van der Waals surface area contributed by atoms with Crippen LogP contribution >= 0.6 is 12.6 Å². The molecule has 0 spiro atoms. The van der Waals surface area contributed by atoms with E-state index in [-0.39, 0.29) is 22.1 Å². The van der Waals surface area contributed by atoms with Gasteiger partial charge in [-0.1, -0.05) is 12.1 Å². The Morgan fingerprint density at radius 1 is 1.16 bits per heavy atom. The minimum absolute atomic E-state index is 0.0286. The van der Waals surface area contributed by atoms with Crippen molar-refractivity contribution in [3.63, 3.8) is 0 Å². The highest BCUT2D eigenvalue weighted by molar-refractivity contribution is 7.93. The standard InChI is InChI=1S/C15H10F2N2O4S2/c16-15(17)22-12-3-1-2-10(14(12)23-15)19-25(20,21)13-7-18-11-6-8(24)4-5-9(11)13/h1-7,18-19,24H. The maximum Gasteiger partial charge on any atom is 0.586 e. The smallest absolute Gasteiger partial charge is 0.395 e. The number of ether oxygens (including phenoxy) is 2. The largest absolute Gasteiger partial charge is 0.586 e. The first-order chi connectivity index (χ1) is 11.8. The highest BCUT2D eigenvalue weighted by atomic mass is 32.2. The van der Waals surface area contributed by atoms with E-state index in [0.29, 0.717) is 15.8 Å². The molecular weight excluding hydrogens is 374 g/mol. The van der Waals surface area contributed by atoms with E-state index in [0.717, 1.165) is 0 Å². The molecule has 2 N–H and O–H groups in total. The Kier molecular flexibility index (Phi) is 3.38. The molecule has 0 bridgehead atoms. The van der Waals surface area contributed by atoms with Gasteiger partial charge in [-0.25, -0.2) is 8.42 Å². The van der Waals surface area contributed by atoms with Crippen molar-refractivity contribution in [1.29, 1.82) is 0 Å². The Bertz CT molecular complexity index is 1100. The van der Waals surface area contributed by atoms with Crippen LogP contribution in [0.25, 0.3) is 10.9 Å². The lowest BCUT2D eigenvalue weighted by molar-refractivity contribution is -0.286. The zero-order valence-corrected chi connectivity index (χ0v) is 14.0. The predicted molar refractivity (Wildman–Crippen MR) is 89.0 cm³/mol. The summed E-state index contributed by atoms with van der Waals surface area (Å²) in [6.07, 6.45) is -2.52. The van der Waals surface area contributed by atoms with Gasteiger partial charge in [0.15, 0.2) is 11.5 Å². The number of alkyl halides is 2. The summed E-state index contributed by atoms with van der Waals surface area (Å²) in [5.74, 6) is -0.614. The molecule has 2 aromatic carbocycles. The van der Waals surface area contributed by atoms with Crippen molar-refractivity contribution in [3.8, 4) is 11.5 Å². The maximum atomic E-state index is 13.2. The second kappa shape index (κ2) is 5.27. The zero-order chi connectivity index (χ0) is 17.8. The first kappa shape index (κ1) is 16.0. The predicted octanol–water partition coefficient (Wildman–Crippen LogP) is 3.58. The fraction of sp³-hybridized carbons (Fsp3) is 0.0667. The van der Waals surface area contributed by atoms with Gasteiger partial charge in [-0.2, -0.15) is 0 Å². The van der Waals surface area contributed by atoms with Crippen molar-refractivity contribution >= 4 is 39.2 Å². The highest BCUT2D eigenvalue weighted by Crippen LogP contribution is 2.46. The number of rotatable bonds is 3. The van der Waals surface area contributed by atoms with Crippen LogP contribution in [-0.2, 0) is 10.0 Å². The van der Waals surface area contributed by atoms with Gasteiger partial charge in [0.2, 0.25) is 0 Å². The maximum absolute atomic E-state index is 13.2. The van der Waals surface area contributed by atoms with Crippen molar-refractivity contribution in [2.45, 2.75) is 16.1 Å². The minimum Gasteiger partial charge on any atom is -0.395 e. The summed E-state index contributed by atoms with van der Waals surface area (Å²) >= 11 is 4.20. The number of benzene rings is 2. The van der Waals surface area contributed by atoms with Gasteiger partial charge in [-0.15, -0.1) is 21.4 Å². The number of sulfonamides is 1. The number of anilines is 1. The van der Waals surface area contributed by atoms with Crippen LogP contribution in [0.5, 0.6) is 11.5 Å². The first-order valence-corrected chi connectivity index (χ1v) is 8.90. The quantitative estimate of drug-likeness (QED) is 0.603. The third-order valence-electron chi connectivity index (χ3n) is 3.59. The number of thiol groups is 1. The fourth-order valence-electron chi connectivity index (χ4n) is 2.56. The molecule has 0 saturated heterocycles. The van der Waals surface area contributed by atoms with Crippen molar-refractivity contribution < 1.29 is 26.7 Å². The minimum atomic E-state index is -4.05. The lowest BCUT2D eigenvalue weighted by Gasteiger charge is -2.10. The molecule has 10 heteroatoms. The summed E-state index contributed by atoms with van der Waals surface area (Å²) in [6, 6.07) is 8.87. The molecule has 0 unspecified atom stereocenters. The molecule has 4 rings (SSSR count). The molecular formula is C15H10F2N2O4S2. The molecule has 0 saturated carbocycles. The number of hydrogen-bond donors (Lipinski definition) is 3. The number of H-pyrrole nitrogens is 1. The Morgan fingerprint density at radius 3 is 2.76 bits per heavy atom. The molecule has 0 fully saturated rings. The fourth-order valence-corrected chi connectivity index (χ4v) is 4.00. The monoisotopic (exact) mass is 384 g/mol. The van der Waals surface area contributed by atoms with E-state index >= 15 is 0 Å². The van der Waals surface area contributed by atoms with Crippen LogP contribution in [0.3, 0.4) is 0 Å². The summed E-state index contributed by atoms with van der Waals surface area (Å²) < 4.78 is 62.8. The van der Waals surface area contributed by atoms with E-state index in [4.69, 9.17) is 0 Å². The lowest BCUT2D eigenvalue weighted by Crippen LogP contribution is -2.26. The van der Waals surface area contributed by atoms with Crippen molar-refractivity contribution in [1.82, 2.24) is 4.98 Å². The van der Waals surface area contributed by atoms with Gasteiger partial charge in [-0.3, -0.25) is 4.72 Å².